The van der Waals surface area contributed by atoms with Crippen LogP contribution in [0.25, 0.3) is 16.7 Å². The summed E-state index contributed by atoms with van der Waals surface area (Å²) in [7, 11) is 0. The first-order valence-corrected chi connectivity index (χ1v) is 8.96. The van der Waals surface area contributed by atoms with Crippen molar-refractivity contribution in [3.8, 4) is 17.2 Å². The number of benzene rings is 2. The lowest BCUT2D eigenvalue weighted by Crippen LogP contribution is -1.93. The van der Waals surface area contributed by atoms with E-state index in [0.29, 0.717) is 5.56 Å². The number of hydrogen-bond donors (Lipinski definition) is 0. The van der Waals surface area contributed by atoms with Crippen LogP contribution in [0.4, 0.5) is 0 Å². The maximum atomic E-state index is 9.33. The summed E-state index contributed by atoms with van der Waals surface area (Å²) in [5, 5.41) is 9.33. The van der Waals surface area contributed by atoms with Crippen LogP contribution in [-0.2, 0) is 0 Å². The van der Waals surface area contributed by atoms with Gasteiger partial charge in [-0.15, -0.1) is 0 Å². The van der Waals surface area contributed by atoms with E-state index in [1.165, 1.54) is 0 Å². The molecule has 0 saturated heterocycles. The van der Waals surface area contributed by atoms with Gasteiger partial charge in [0, 0.05) is 0 Å². The Labute approximate surface area is 163 Å². The zero-order valence-corrected chi connectivity index (χ0v) is 16.3. The van der Waals surface area contributed by atoms with E-state index in [1.807, 2.05) is 56.3 Å². The summed E-state index contributed by atoms with van der Waals surface area (Å²) >= 11 is 0. The van der Waals surface area contributed by atoms with Crippen molar-refractivity contribution in [1.82, 2.24) is 0 Å². The molecule has 2 rings (SSSR count). The highest BCUT2D eigenvalue weighted by Gasteiger charge is 2.09. The van der Waals surface area contributed by atoms with E-state index >= 15 is 0 Å². The summed E-state index contributed by atoms with van der Waals surface area (Å²) in [5.74, 6) is 0. The Morgan fingerprint density at radius 1 is 1.04 bits per heavy atom. The van der Waals surface area contributed by atoms with Gasteiger partial charge in [0.2, 0.25) is 0 Å². The van der Waals surface area contributed by atoms with E-state index in [4.69, 9.17) is 0 Å². The first kappa shape index (κ1) is 19.9. The summed E-state index contributed by atoms with van der Waals surface area (Å²) in [4.78, 5) is 0. The standard InChI is InChI=1S/C26H25N/c1-6-8-12-25(19(3)4)20(5)24(7-2)21-14-16-22(17-15-21)26-13-10-9-11-23(26)18-27/h6-17H,2-3H2,1,4-5H3/b8-6-,24-20+,25-12+. The van der Waals surface area contributed by atoms with Gasteiger partial charge in [0.15, 0.2) is 0 Å². The van der Waals surface area contributed by atoms with Gasteiger partial charge < -0.3 is 0 Å². The van der Waals surface area contributed by atoms with Crippen LogP contribution in [0.5, 0.6) is 0 Å². The van der Waals surface area contributed by atoms with Gasteiger partial charge in [0.1, 0.15) is 0 Å². The maximum Gasteiger partial charge on any atom is 0.0998 e. The second-order valence-electron chi connectivity index (χ2n) is 6.36. The monoisotopic (exact) mass is 351 g/mol. The van der Waals surface area contributed by atoms with Crippen LogP contribution in [-0.4, -0.2) is 0 Å². The Kier molecular flexibility index (Phi) is 6.92. The highest BCUT2D eigenvalue weighted by Crippen LogP contribution is 2.30. The molecular formula is C26H25N. The van der Waals surface area contributed by atoms with Crippen LogP contribution in [0.3, 0.4) is 0 Å². The van der Waals surface area contributed by atoms with Gasteiger partial charge in [0.05, 0.1) is 11.6 Å². The topological polar surface area (TPSA) is 23.8 Å². The molecule has 1 nitrogen and oxygen atoms in total. The van der Waals surface area contributed by atoms with Crippen molar-refractivity contribution in [2.45, 2.75) is 20.8 Å². The lowest BCUT2D eigenvalue weighted by molar-refractivity contribution is 1.33. The molecule has 0 aromatic heterocycles. The van der Waals surface area contributed by atoms with Crippen LogP contribution in [0, 0.1) is 11.3 Å². The normalized spacial score (nSPS) is 12.4. The Morgan fingerprint density at radius 2 is 1.70 bits per heavy atom. The Balaban J connectivity index is 2.51. The zero-order chi connectivity index (χ0) is 19.8. The second-order valence-corrected chi connectivity index (χ2v) is 6.36. The lowest BCUT2D eigenvalue weighted by Gasteiger charge is -2.14. The number of nitriles is 1. The molecule has 0 atom stereocenters. The van der Waals surface area contributed by atoms with Crippen molar-refractivity contribution in [2.75, 3.05) is 0 Å². The maximum absolute atomic E-state index is 9.33. The molecule has 0 aliphatic rings. The van der Waals surface area contributed by atoms with Crippen molar-refractivity contribution in [1.29, 1.82) is 5.26 Å². The van der Waals surface area contributed by atoms with Gasteiger partial charge in [-0.1, -0.05) is 85.5 Å². The fourth-order valence-corrected chi connectivity index (χ4v) is 3.07. The van der Waals surface area contributed by atoms with Crippen LogP contribution in [0.15, 0.2) is 103 Å². The number of rotatable bonds is 6. The van der Waals surface area contributed by atoms with Crippen LogP contribution in [0.2, 0.25) is 0 Å². The lowest BCUT2D eigenvalue weighted by atomic mass is 9.91. The smallest absolute Gasteiger partial charge is 0.0998 e. The van der Waals surface area contributed by atoms with E-state index in [2.05, 4.69) is 56.5 Å². The largest absolute Gasteiger partial charge is 0.192 e. The average molecular weight is 351 g/mol. The van der Waals surface area contributed by atoms with E-state index in [-0.39, 0.29) is 0 Å². The van der Waals surface area contributed by atoms with Gasteiger partial charge in [-0.05, 0) is 60.2 Å². The minimum absolute atomic E-state index is 0.680. The van der Waals surface area contributed by atoms with E-state index < -0.39 is 0 Å². The predicted octanol–water partition coefficient (Wildman–Crippen LogP) is 7.26. The van der Waals surface area contributed by atoms with Crippen molar-refractivity contribution >= 4 is 5.57 Å². The van der Waals surface area contributed by atoms with Gasteiger partial charge in [-0.2, -0.15) is 5.26 Å². The molecule has 27 heavy (non-hydrogen) atoms. The van der Waals surface area contributed by atoms with Crippen molar-refractivity contribution in [3.63, 3.8) is 0 Å². The van der Waals surface area contributed by atoms with Crippen molar-refractivity contribution < 1.29 is 0 Å². The molecule has 0 unspecified atom stereocenters. The van der Waals surface area contributed by atoms with Crippen molar-refractivity contribution in [2.24, 2.45) is 0 Å². The Bertz CT molecular complexity index is 974. The summed E-state index contributed by atoms with van der Waals surface area (Å²) in [6, 6.07) is 18.2. The molecule has 0 radical (unpaired) electrons. The molecular weight excluding hydrogens is 326 g/mol. The number of hydrogen-bond acceptors (Lipinski definition) is 1. The SMILES string of the molecule is C=C\C(=C(C)/C(=C/C=C\C)C(=C)C)c1ccc(-c2ccccc2C#N)cc1. The molecule has 0 fully saturated rings. The first-order chi connectivity index (χ1) is 13.0. The van der Waals surface area contributed by atoms with E-state index in [9.17, 15) is 5.26 Å². The molecule has 2 aromatic carbocycles. The highest BCUT2D eigenvalue weighted by molar-refractivity contribution is 5.82. The summed E-state index contributed by atoms with van der Waals surface area (Å²) in [6.07, 6.45) is 8.00. The molecule has 0 bridgehead atoms. The fourth-order valence-electron chi connectivity index (χ4n) is 3.07. The first-order valence-electron chi connectivity index (χ1n) is 8.96. The number of nitrogens with zero attached hydrogens (tertiary/aromatic N) is 1. The Morgan fingerprint density at radius 3 is 2.26 bits per heavy atom. The summed E-state index contributed by atoms with van der Waals surface area (Å²) < 4.78 is 0. The van der Waals surface area contributed by atoms with E-state index in [1.54, 1.807) is 0 Å². The molecule has 0 aliphatic heterocycles. The molecule has 0 aliphatic carbocycles. The number of allylic oxidation sites excluding steroid dienone is 8. The second kappa shape index (κ2) is 9.36. The molecule has 0 N–H and O–H groups in total. The van der Waals surface area contributed by atoms with Crippen LogP contribution >= 0.6 is 0 Å². The van der Waals surface area contributed by atoms with Crippen LogP contribution < -0.4 is 0 Å². The fraction of sp³-hybridized carbons (Fsp3) is 0.115. The zero-order valence-electron chi connectivity index (χ0n) is 16.3. The molecule has 0 spiro atoms. The van der Waals surface area contributed by atoms with Crippen molar-refractivity contribution in [3.05, 3.63) is 114 Å². The third kappa shape index (κ3) is 4.63. The third-order valence-corrected chi connectivity index (χ3v) is 4.48. The predicted molar refractivity (Wildman–Crippen MR) is 117 cm³/mol. The minimum Gasteiger partial charge on any atom is -0.192 e. The molecule has 0 saturated carbocycles. The van der Waals surface area contributed by atoms with Crippen LogP contribution in [0.1, 0.15) is 31.9 Å². The Hall–Kier alpha value is -3.37. The van der Waals surface area contributed by atoms with E-state index in [0.717, 1.165) is 39.0 Å². The third-order valence-electron chi connectivity index (χ3n) is 4.48. The van der Waals surface area contributed by atoms with Gasteiger partial charge in [-0.25, -0.2) is 0 Å². The molecule has 1 heteroatoms. The minimum atomic E-state index is 0.680. The molecule has 2 aromatic rings. The summed E-state index contributed by atoms with van der Waals surface area (Å²) in [6.45, 7) is 14.2. The van der Waals surface area contributed by atoms with Gasteiger partial charge in [0.25, 0.3) is 0 Å². The molecule has 134 valence electrons. The van der Waals surface area contributed by atoms with Gasteiger partial charge in [-0.3, -0.25) is 0 Å². The average Bonchev–Trinajstić information content (AvgIpc) is 2.69. The van der Waals surface area contributed by atoms with Gasteiger partial charge >= 0.3 is 0 Å². The molecule has 0 amide bonds. The molecule has 0 heterocycles. The quantitative estimate of drug-likeness (QED) is 0.502. The summed E-state index contributed by atoms with van der Waals surface area (Å²) in [5.41, 5.74) is 8.10. The highest BCUT2D eigenvalue weighted by atomic mass is 14.2.